The van der Waals surface area contributed by atoms with E-state index < -0.39 is 50.5 Å². The predicted octanol–water partition coefficient (Wildman–Crippen LogP) is 0.965. The minimum absolute atomic E-state index is 0.140. The molecule has 0 saturated carbocycles. The van der Waals surface area contributed by atoms with Crippen LogP contribution in [0.25, 0.3) is 0 Å². The molecule has 3 N–H and O–H groups in total. The number of hydrogen-bond acceptors (Lipinski definition) is 4. The van der Waals surface area contributed by atoms with E-state index in [-0.39, 0.29) is 6.54 Å². The van der Waals surface area contributed by atoms with Gasteiger partial charge >= 0.3 is 5.97 Å². The Bertz CT molecular complexity index is 706. The van der Waals surface area contributed by atoms with Crippen LogP contribution in [0.15, 0.2) is 29.2 Å². The van der Waals surface area contributed by atoms with Crippen LogP contribution in [-0.2, 0) is 19.6 Å². The van der Waals surface area contributed by atoms with Gasteiger partial charge in [-0.25, -0.2) is 12.8 Å². The first kappa shape index (κ1) is 20.0. The Morgan fingerprint density at radius 2 is 1.79 bits per heavy atom. The molecular formula is C15H21FN2O5S. The van der Waals surface area contributed by atoms with Crippen molar-refractivity contribution in [2.24, 2.45) is 11.8 Å². The molecule has 0 fully saturated rings. The van der Waals surface area contributed by atoms with Crippen molar-refractivity contribution in [1.82, 2.24) is 10.0 Å². The number of rotatable bonds is 8. The zero-order valence-corrected chi connectivity index (χ0v) is 14.4. The summed E-state index contributed by atoms with van der Waals surface area (Å²) in [7, 11) is -4.24. The first-order valence-corrected chi connectivity index (χ1v) is 8.82. The highest BCUT2D eigenvalue weighted by atomic mass is 32.2. The summed E-state index contributed by atoms with van der Waals surface area (Å²) in [5, 5.41) is 11.2. The van der Waals surface area contributed by atoms with E-state index in [1.54, 1.807) is 13.8 Å². The third-order valence-corrected chi connectivity index (χ3v) is 4.84. The van der Waals surface area contributed by atoms with Crippen LogP contribution in [0.3, 0.4) is 0 Å². The summed E-state index contributed by atoms with van der Waals surface area (Å²) in [6.45, 7) is 4.51. The Kier molecular flexibility index (Phi) is 6.85. The van der Waals surface area contributed by atoms with Crippen LogP contribution in [-0.4, -0.2) is 38.0 Å². The lowest BCUT2D eigenvalue weighted by Gasteiger charge is -2.22. The first-order chi connectivity index (χ1) is 11.1. The van der Waals surface area contributed by atoms with Gasteiger partial charge in [0.25, 0.3) is 0 Å². The summed E-state index contributed by atoms with van der Waals surface area (Å²) in [4.78, 5) is 22.4. The normalized spacial score (nSPS) is 14.2. The van der Waals surface area contributed by atoms with Gasteiger partial charge in [-0.3, -0.25) is 9.59 Å². The number of carbonyl (C=O) groups is 2. The molecule has 0 aromatic heterocycles. The van der Waals surface area contributed by atoms with Crippen molar-refractivity contribution in [2.75, 3.05) is 6.54 Å². The molecule has 1 aromatic carbocycles. The first-order valence-electron chi connectivity index (χ1n) is 7.33. The summed E-state index contributed by atoms with van der Waals surface area (Å²) in [5.41, 5.74) is 0. The predicted molar refractivity (Wildman–Crippen MR) is 85.2 cm³/mol. The van der Waals surface area contributed by atoms with E-state index >= 15 is 0 Å². The molecule has 2 unspecified atom stereocenters. The molecule has 0 aliphatic rings. The highest BCUT2D eigenvalue weighted by Crippen LogP contribution is 2.15. The molecule has 2 atom stereocenters. The standard InChI is InChI=1S/C15H21FN2O5S/c1-9(2)13(14(19)17-8-10(3)15(20)21)18-24(22,23)12-7-5-4-6-11(12)16/h4-7,9-10,13,18H,8H2,1-3H3,(H,17,19)(H,20,21). The monoisotopic (exact) mass is 360 g/mol. The fraction of sp³-hybridized carbons (Fsp3) is 0.467. The van der Waals surface area contributed by atoms with E-state index in [0.717, 1.165) is 12.1 Å². The third kappa shape index (κ3) is 5.27. The van der Waals surface area contributed by atoms with E-state index in [2.05, 4.69) is 10.0 Å². The van der Waals surface area contributed by atoms with Gasteiger partial charge in [0.2, 0.25) is 15.9 Å². The van der Waals surface area contributed by atoms with E-state index in [9.17, 15) is 22.4 Å². The molecule has 7 nitrogen and oxygen atoms in total. The smallest absolute Gasteiger partial charge is 0.308 e. The lowest BCUT2D eigenvalue weighted by Crippen LogP contribution is -2.50. The molecule has 134 valence electrons. The largest absolute Gasteiger partial charge is 0.481 e. The molecule has 0 bridgehead atoms. The van der Waals surface area contributed by atoms with Crippen LogP contribution in [0.4, 0.5) is 4.39 Å². The Balaban J connectivity index is 2.91. The van der Waals surface area contributed by atoms with E-state index in [4.69, 9.17) is 5.11 Å². The molecule has 1 rings (SSSR count). The molecule has 1 amide bonds. The molecular weight excluding hydrogens is 339 g/mol. The van der Waals surface area contributed by atoms with Gasteiger partial charge in [0.1, 0.15) is 16.8 Å². The molecule has 0 saturated heterocycles. The summed E-state index contributed by atoms with van der Waals surface area (Å²) in [5.74, 6) is -3.91. The summed E-state index contributed by atoms with van der Waals surface area (Å²) < 4.78 is 40.5. The maximum Gasteiger partial charge on any atom is 0.308 e. The van der Waals surface area contributed by atoms with E-state index in [1.165, 1.54) is 19.1 Å². The van der Waals surface area contributed by atoms with Gasteiger partial charge in [-0.2, -0.15) is 4.72 Å². The second kappa shape index (κ2) is 8.20. The van der Waals surface area contributed by atoms with E-state index in [1.807, 2.05) is 0 Å². The van der Waals surface area contributed by atoms with Crippen LogP contribution < -0.4 is 10.0 Å². The van der Waals surface area contributed by atoms with Crippen LogP contribution in [0.1, 0.15) is 20.8 Å². The Hall–Kier alpha value is -2.00. The van der Waals surface area contributed by atoms with Crippen molar-refractivity contribution in [1.29, 1.82) is 0 Å². The molecule has 0 aliphatic heterocycles. The number of halogens is 1. The average molecular weight is 360 g/mol. The molecule has 9 heteroatoms. The molecule has 24 heavy (non-hydrogen) atoms. The number of carboxylic acid groups (broad SMARTS) is 1. The number of aliphatic carboxylic acids is 1. The van der Waals surface area contributed by atoms with Crippen molar-refractivity contribution >= 4 is 21.9 Å². The maximum absolute atomic E-state index is 13.7. The SMILES string of the molecule is CC(CNC(=O)C(NS(=O)(=O)c1ccccc1F)C(C)C)C(=O)O. The maximum atomic E-state index is 13.7. The van der Waals surface area contributed by atoms with Crippen LogP contribution in [0.2, 0.25) is 0 Å². The Morgan fingerprint density at radius 3 is 2.29 bits per heavy atom. The fourth-order valence-corrected chi connectivity index (χ4v) is 3.26. The summed E-state index contributed by atoms with van der Waals surface area (Å²) >= 11 is 0. The topological polar surface area (TPSA) is 113 Å². The van der Waals surface area contributed by atoms with Crippen LogP contribution >= 0.6 is 0 Å². The van der Waals surface area contributed by atoms with Gasteiger partial charge in [0.05, 0.1) is 5.92 Å². The number of benzene rings is 1. The van der Waals surface area contributed by atoms with Crippen molar-refractivity contribution in [3.63, 3.8) is 0 Å². The number of hydrogen-bond donors (Lipinski definition) is 3. The minimum Gasteiger partial charge on any atom is -0.481 e. The number of carboxylic acids is 1. The lowest BCUT2D eigenvalue weighted by atomic mass is 10.0. The molecule has 1 aromatic rings. The number of carbonyl (C=O) groups excluding carboxylic acids is 1. The lowest BCUT2D eigenvalue weighted by molar-refractivity contribution is -0.141. The zero-order valence-electron chi connectivity index (χ0n) is 13.6. The average Bonchev–Trinajstić information content (AvgIpc) is 2.49. The van der Waals surface area contributed by atoms with Gasteiger partial charge < -0.3 is 10.4 Å². The highest BCUT2D eigenvalue weighted by molar-refractivity contribution is 7.89. The van der Waals surface area contributed by atoms with Crippen LogP contribution in [0.5, 0.6) is 0 Å². The quantitative estimate of drug-likeness (QED) is 0.639. The van der Waals surface area contributed by atoms with Crippen molar-refractivity contribution in [2.45, 2.75) is 31.7 Å². The van der Waals surface area contributed by atoms with Crippen molar-refractivity contribution < 1.29 is 27.5 Å². The fourth-order valence-electron chi connectivity index (χ4n) is 1.84. The van der Waals surface area contributed by atoms with Gasteiger partial charge in [-0.1, -0.05) is 32.9 Å². The third-order valence-electron chi connectivity index (χ3n) is 3.36. The number of amides is 1. The second-order valence-corrected chi connectivity index (χ2v) is 7.44. The Labute approximate surface area is 140 Å². The summed E-state index contributed by atoms with van der Waals surface area (Å²) in [6.07, 6.45) is 0. The zero-order chi connectivity index (χ0) is 18.5. The second-order valence-electron chi connectivity index (χ2n) is 5.76. The van der Waals surface area contributed by atoms with Gasteiger partial charge in [0, 0.05) is 6.54 Å². The number of sulfonamides is 1. The highest BCUT2D eigenvalue weighted by Gasteiger charge is 2.30. The molecule has 0 radical (unpaired) electrons. The molecule has 0 heterocycles. The Morgan fingerprint density at radius 1 is 1.21 bits per heavy atom. The molecule has 0 spiro atoms. The van der Waals surface area contributed by atoms with Crippen molar-refractivity contribution in [3.8, 4) is 0 Å². The van der Waals surface area contributed by atoms with E-state index in [0.29, 0.717) is 0 Å². The van der Waals surface area contributed by atoms with Crippen LogP contribution in [0, 0.1) is 17.7 Å². The minimum atomic E-state index is -4.24. The van der Waals surface area contributed by atoms with Gasteiger partial charge in [-0.05, 0) is 18.1 Å². The van der Waals surface area contributed by atoms with Gasteiger partial charge in [-0.15, -0.1) is 0 Å². The summed E-state index contributed by atoms with van der Waals surface area (Å²) in [6, 6.07) is 3.67. The molecule has 0 aliphatic carbocycles. The number of nitrogens with one attached hydrogen (secondary N) is 2. The van der Waals surface area contributed by atoms with Gasteiger partial charge in [0.15, 0.2) is 0 Å². The van der Waals surface area contributed by atoms with Crippen molar-refractivity contribution in [3.05, 3.63) is 30.1 Å².